The molecule has 0 spiro atoms. The summed E-state index contributed by atoms with van der Waals surface area (Å²) >= 11 is 3.29. The van der Waals surface area contributed by atoms with Crippen LogP contribution in [0.4, 0.5) is 0 Å². The molecule has 0 radical (unpaired) electrons. The Labute approximate surface area is 134 Å². The number of carbonyl (C=O) groups is 1. The van der Waals surface area contributed by atoms with Crippen molar-refractivity contribution in [3.05, 3.63) is 42.0 Å². The average Bonchev–Trinajstić information content (AvgIpc) is 2.45. The first-order chi connectivity index (χ1) is 9.92. The quantitative estimate of drug-likeness (QED) is 0.217. The Morgan fingerprint density at radius 3 is 2.43 bits per heavy atom. The number of carbonyl (C=O) groups excluding carboxylic acids is 1. The maximum absolute atomic E-state index is 11.8. The molecular formula is C16H21BrO4. The molecule has 4 nitrogen and oxygen atoms in total. The second kappa shape index (κ2) is 8.97. The first-order valence-corrected chi connectivity index (χ1v) is 7.61. The molecule has 5 heteroatoms. The minimum absolute atomic E-state index is 0.315. The second-order valence-corrected chi connectivity index (χ2v) is 6.85. The molecule has 0 saturated heterocycles. The van der Waals surface area contributed by atoms with E-state index in [4.69, 9.17) is 14.5 Å². The Hall–Kier alpha value is -1.17. The molecule has 0 N–H and O–H groups in total. The van der Waals surface area contributed by atoms with Crippen molar-refractivity contribution in [1.82, 2.24) is 0 Å². The number of hydrogen-bond acceptors (Lipinski definition) is 4. The third-order valence-electron chi connectivity index (χ3n) is 2.49. The Morgan fingerprint density at radius 2 is 1.86 bits per heavy atom. The van der Waals surface area contributed by atoms with Crippen molar-refractivity contribution < 1.29 is 19.3 Å². The van der Waals surface area contributed by atoms with Crippen LogP contribution in [0.5, 0.6) is 0 Å². The number of rotatable bonds is 9. The molecule has 0 fully saturated rings. The van der Waals surface area contributed by atoms with Crippen molar-refractivity contribution in [2.75, 3.05) is 13.2 Å². The van der Waals surface area contributed by atoms with E-state index >= 15 is 0 Å². The van der Waals surface area contributed by atoms with Crippen LogP contribution in [-0.2, 0) is 14.5 Å². The van der Waals surface area contributed by atoms with Crippen molar-refractivity contribution >= 4 is 28.0 Å². The highest BCUT2D eigenvalue weighted by Gasteiger charge is 2.13. The van der Waals surface area contributed by atoms with E-state index in [-0.39, 0.29) is 5.97 Å². The summed E-state index contributed by atoms with van der Waals surface area (Å²) in [5.41, 5.74) is 1.51. The van der Waals surface area contributed by atoms with Gasteiger partial charge in [0.15, 0.2) is 4.51 Å². The first kappa shape index (κ1) is 17.9. The lowest BCUT2D eigenvalue weighted by molar-refractivity contribution is -0.326. The molecule has 1 aromatic carbocycles. The van der Waals surface area contributed by atoms with Gasteiger partial charge in [0.2, 0.25) is 0 Å². The lowest BCUT2D eigenvalue weighted by atomic mass is 10.1. The van der Waals surface area contributed by atoms with E-state index in [0.29, 0.717) is 18.8 Å². The maximum atomic E-state index is 11.8. The minimum atomic E-state index is -0.489. The summed E-state index contributed by atoms with van der Waals surface area (Å²) in [7, 11) is 0. The molecule has 116 valence electrons. The monoisotopic (exact) mass is 356 g/mol. The van der Waals surface area contributed by atoms with Gasteiger partial charge in [-0.2, -0.15) is 0 Å². The van der Waals surface area contributed by atoms with Gasteiger partial charge in [-0.3, -0.25) is 0 Å². The van der Waals surface area contributed by atoms with Crippen LogP contribution in [0.15, 0.2) is 30.8 Å². The fraction of sp³-hybridized carbons (Fsp3) is 0.438. The Morgan fingerprint density at radius 1 is 1.24 bits per heavy atom. The minimum Gasteiger partial charge on any atom is -0.462 e. The van der Waals surface area contributed by atoms with Crippen molar-refractivity contribution in [2.45, 2.75) is 31.2 Å². The number of hydrogen-bond donors (Lipinski definition) is 0. The zero-order chi connectivity index (χ0) is 15.7. The Bertz CT molecular complexity index is 448. The molecular weight excluding hydrogens is 336 g/mol. The smallest absolute Gasteiger partial charge is 0.338 e. The van der Waals surface area contributed by atoms with E-state index < -0.39 is 4.51 Å². The maximum Gasteiger partial charge on any atom is 0.338 e. The standard InChI is InChI=1S/C16H21BrO4/c1-4-13-7-9-14(10-8-13)15(18)19-11-5-6-12-20-21-16(2,3)17/h4,7-10H,1,5-6,11-12H2,2-3H3. The van der Waals surface area contributed by atoms with Gasteiger partial charge in [0, 0.05) is 0 Å². The van der Waals surface area contributed by atoms with E-state index in [9.17, 15) is 4.79 Å². The molecule has 0 atom stereocenters. The highest BCUT2D eigenvalue weighted by molar-refractivity contribution is 9.10. The van der Waals surface area contributed by atoms with Gasteiger partial charge in [-0.1, -0.05) is 40.7 Å². The molecule has 1 aromatic rings. The van der Waals surface area contributed by atoms with E-state index in [1.807, 2.05) is 26.0 Å². The van der Waals surface area contributed by atoms with Gasteiger partial charge >= 0.3 is 5.97 Å². The molecule has 1 rings (SSSR count). The van der Waals surface area contributed by atoms with Crippen LogP contribution >= 0.6 is 15.9 Å². The van der Waals surface area contributed by atoms with Crippen LogP contribution in [0, 0.1) is 0 Å². The van der Waals surface area contributed by atoms with Gasteiger partial charge in [0.05, 0.1) is 18.8 Å². The lowest BCUT2D eigenvalue weighted by Crippen LogP contribution is -2.16. The van der Waals surface area contributed by atoms with E-state index in [1.54, 1.807) is 18.2 Å². The van der Waals surface area contributed by atoms with Gasteiger partial charge in [0.25, 0.3) is 0 Å². The average molecular weight is 357 g/mol. The first-order valence-electron chi connectivity index (χ1n) is 6.81. The molecule has 21 heavy (non-hydrogen) atoms. The van der Waals surface area contributed by atoms with Crippen LogP contribution in [-0.4, -0.2) is 23.7 Å². The number of alkyl halides is 1. The van der Waals surface area contributed by atoms with Crippen LogP contribution in [0.2, 0.25) is 0 Å². The van der Waals surface area contributed by atoms with Crippen molar-refractivity contribution in [1.29, 1.82) is 0 Å². The Balaban J connectivity index is 2.14. The fourth-order valence-electron chi connectivity index (χ4n) is 1.45. The molecule has 0 saturated carbocycles. The number of benzene rings is 1. The molecule has 0 amide bonds. The van der Waals surface area contributed by atoms with Crippen LogP contribution in [0.3, 0.4) is 0 Å². The van der Waals surface area contributed by atoms with Crippen molar-refractivity contribution in [3.63, 3.8) is 0 Å². The number of unbranched alkanes of at least 4 members (excludes halogenated alkanes) is 1. The zero-order valence-electron chi connectivity index (χ0n) is 12.4. The number of halogens is 1. The van der Waals surface area contributed by atoms with Gasteiger partial charge in [-0.05, 0) is 44.4 Å². The largest absolute Gasteiger partial charge is 0.462 e. The molecule has 0 heterocycles. The normalized spacial score (nSPS) is 11.2. The van der Waals surface area contributed by atoms with E-state index in [2.05, 4.69) is 22.5 Å². The topological polar surface area (TPSA) is 44.8 Å². The molecule has 0 aliphatic heterocycles. The highest BCUT2D eigenvalue weighted by Crippen LogP contribution is 2.17. The van der Waals surface area contributed by atoms with Crippen molar-refractivity contribution in [3.8, 4) is 0 Å². The molecule has 0 aliphatic rings. The summed E-state index contributed by atoms with van der Waals surface area (Å²) in [5.74, 6) is -0.315. The predicted molar refractivity (Wildman–Crippen MR) is 86.1 cm³/mol. The summed E-state index contributed by atoms with van der Waals surface area (Å²) in [6, 6.07) is 7.12. The third-order valence-corrected chi connectivity index (χ3v) is 2.63. The Kier molecular flexibility index (Phi) is 7.64. The van der Waals surface area contributed by atoms with Crippen LogP contribution < -0.4 is 0 Å². The summed E-state index contributed by atoms with van der Waals surface area (Å²) in [6.45, 7) is 8.17. The summed E-state index contributed by atoms with van der Waals surface area (Å²) in [4.78, 5) is 21.8. The van der Waals surface area contributed by atoms with Gasteiger partial charge in [0.1, 0.15) is 0 Å². The fourth-order valence-corrected chi connectivity index (χ4v) is 1.54. The summed E-state index contributed by atoms with van der Waals surface area (Å²) in [6.07, 6.45) is 3.21. The third kappa shape index (κ3) is 7.99. The summed E-state index contributed by atoms with van der Waals surface area (Å²) in [5, 5.41) is 0. The number of esters is 1. The molecule has 0 unspecified atom stereocenters. The van der Waals surface area contributed by atoms with E-state index in [0.717, 1.165) is 18.4 Å². The number of ether oxygens (including phenoxy) is 1. The van der Waals surface area contributed by atoms with Gasteiger partial charge < -0.3 is 4.74 Å². The van der Waals surface area contributed by atoms with Gasteiger partial charge in [-0.15, -0.1) is 0 Å². The molecule has 0 aliphatic carbocycles. The van der Waals surface area contributed by atoms with Crippen LogP contribution in [0.25, 0.3) is 6.08 Å². The SMILES string of the molecule is C=Cc1ccc(C(=O)OCCCCOOC(C)(C)Br)cc1. The van der Waals surface area contributed by atoms with Crippen molar-refractivity contribution in [2.24, 2.45) is 0 Å². The van der Waals surface area contributed by atoms with E-state index in [1.165, 1.54) is 0 Å². The second-order valence-electron chi connectivity index (χ2n) is 4.94. The predicted octanol–water partition coefficient (Wildman–Crippen LogP) is 4.35. The zero-order valence-corrected chi connectivity index (χ0v) is 14.0. The van der Waals surface area contributed by atoms with Gasteiger partial charge in [-0.25, -0.2) is 14.6 Å². The lowest BCUT2D eigenvalue weighted by Gasteiger charge is -2.15. The van der Waals surface area contributed by atoms with Crippen LogP contribution in [0.1, 0.15) is 42.6 Å². The molecule has 0 aromatic heterocycles. The summed E-state index contributed by atoms with van der Waals surface area (Å²) < 4.78 is 4.69. The highest BCUT2D eigenvalue weighted by atomic mass is 79.9. The molecule has 0 bridgehead atoms.